The Morgan fingerprint density at radius 1 is 0.926 bits per heavy atom. The number of rotatable bonds is 7. The van der Waals surface area contributed by atoms with Gasteiger partial charge < -0.3 is 14.4 Å². The summed E-state index contributed by atoms with van der Waals surface area (Å²) in [5, 5.41) is 0. The second-order valence-electron chi connectivity index (χ2n) is 6.58. The predicted molar refractivity (Wildman–Crippen MR) is 96.5 cm³/mol. The van der Waals surface area contributed by atoms with Gasteiger partial charge in [-0.25, -0.2) is 9.69 Å². The molecule has 1 unspecified atom stereocenters. The van der Waals surface area contributed by atoms with Crippen LogP contribution in [0.3, 0.4) is 0 Å². The van der Waals surface area contributed by atoms with Crippen molar-refractivity contribution < 1.29 is 28.8 Å². The Kier molecular flexibility index (Phi) is 5.65. The fourth-order valence-corrected chi connectivity index (χ4v) is 3.57. The van der Waals surface area contributed by atoms with E-state index in [1.54, 1.807) is 6.92 Å². The third-order valence-electron chi connectivity index (χ3n) is 4.89. The van der Waals surface area contributed by atoms with Crippen molar-refractivity contribution >= 4 is 17.8 Å². The van der Waals surface area contributed by atoms with Gasteiger partial charge in [-0.1, -0.05) is 0 Å². The number of nitrogens with one attached hydrogen (secondary N) is 1. The third-order valence-corrected chi connectivity index (χ3v) is 4.89. The Morgan fingerprint density at radius 3 is 2.07 bits per heavy atom. The number of benzene rings is 1. The van der Waals surface area contributed by atoms with Crippen LogP contribution in [0.15, 0.2) is 12.1 Å². The van der Waals surface area contributed by atoms with E-state index in [4.69, 9.17) is 9.47 Å². The summed E-state index contributed by atoms with van der Waals surface area (Å²) < 4.78 is 11.4. The summed E-state index contributed by atoms with van der Waals surface area (Å²) in [4.78, 5) is 39.4. The van der Waals surface area contributed by atoms with Gasteiger partial charge in [0.2, 0.25) is 0 Å². The molecule has 27 heavy (non-hydrogen) atoms. The average molecular weight is 376 g/mol. The van der Waals surface area contributed by atoms with E-state index < -0.39 is 17.8 Å². The molecule has 2 aliphatic heterocycles. The van der Waals surface area contributed by atoms with Crippen molar-refractivity contribution in [2.45, 2.75) is 33.7 Å². The molecule has 146 valence electrons. The maximum absolute atomic E-state index is 12.3. The highest BCUT2D eigenvalue weighted by Gasteiger charge is 2.45. The number of likely N-dealkylation sites (N-methyl/N-ethyl adjacent to an activating group) is 1. The number of urea groups is 1. The summed E-state index contributed by atoms with van der Waals surface area (Å²) in [7, 11) is 0. The Morgan fingerprint density at radius 2 is 1.52 bits per heavy atom. The van der Waals surface area contributed by atoms with Crippen LogP contribution in [0.1, 0.15) is 31.9 Å². The molecule has 0 spiro atoms. The van der Waals surface area contributed by atoms with Crippen molar-refractivity contribution in [2.24, 2.45) is 0 Å². The molecule has 0 aromatic heterocycles. The van der Waals surface area contributed by atoms with Gasteiger partial charge in [-0.05, 0) is 38.5 Å². The number of fused-ring (bicyclic) bond motifs is 1. The van der Waals surface area contributed by atoms with Gasteiger partial charge in [0.1, 0.15) is 6.54 Å². The molecule has 1 N–H and O–H groups in total. The van der Waals surface area contributed by atoms with E-state index in [9.17, 15) is 14.4 Å². The second kappa shape index (κ2) is 7.96. The van der Waals surface area contributed by atoms with Gasteiger partial charge in [-0.2, -0.15) is 0 Å². The number of amides is 4. The van der Waals surface area contributed by atoms with E-state index in [0.717, 1.165) is 39.0 Å². The van der Waals surface area contributed by atoms with Gasteiger partial charge in [0, 0.05) is 18.5 Å². The molecule has 1 aromatic rings. The van der Waals surface area contributed by atoms with Crippen LogP contribution >= 0.6 is 0 Å². The minimum atomic E-state index is -0.737. The topological polar surface area (TPSA) is 80.6 Å². The lowest BCUT2D eigenvalue weighted by Crippen LogP contribution is -3.13. The molecule has 0 radical (unpaired) electrons. The van der Waals surface area contributed by atoms with E-state index >= 15 is 0 Å². The number of ether oxygens (including phenoxy) is 2. The Balaban J connectivity index is 1.76. The molecular formula is C19H26N3O5+. The van der Waals surface area contributed by atoms with E-state index in [-0.39, 0.29) is 13.2 Å². The summed E-state index contributed by atoms with van der Waals surface area (Å²) >= 11 is 0. The molecule has 0 aliphatic carbocycles. The molecule has 1 fully saturated rings. The summed E-state index contributed by atoms with van der Waals surface area (Å²) in [6.07, 6.45) is 0.804. The molecule has 1 atom stereocenters. The van der Waals surface area contributed by atoms with E-state index in [0.29, 0.717) is 25.5 Å². The van der Waals surface area contributed by atoms with Gasteiger partial charge in [0.05, 0.1) is 19.8 Å². The summed E-state index contributed by atoms with van der Waals surface area (Å²) in [6.45, 7) is 8.47. The zero-order valence-corrected chi connectivity index (χ0v) is 16.0. The molecule has 3 rings (SSSR count). The first-order valence-corrected chi connectivity index (χ1v) is 9.42. The van der Waals surface area contributed by atoms with E-state index in [1.807, 2.05) is 26.0 Å². The van der Waals surface area contributed by atoms with Crippen LogP contribution in [0.2, 0.25) is 0 Å². The van der Waals surface area contributed by atoms with Gasteiger partial charge in [-0.3, -0.25) is 14.5 Å². The third kappa shape index (κ3) is 3.62. The van der Waals surface area contributed by atoms with Crippen molar-refractivity contribution in [3.05, 3.63) is 23.3 Å². The molecule has 8 nitrogen and oxygen atoms in total. The lowest BCUT2D eigenvalue weighted by molar-refractivity contribution is -0.923. The number of carbonyl (C=O) groups is 3. The Labute approximate surface area is 158 Å². The minimum Gasteiger partial charge on any atom is -0.490 e. The summed E-state index contributed by atoms with van der Waals surface area (Å²) in [6, 6.07) is 3.49. The Bertz CT molecular complexity index is 764. The summed E-state index contributed by atoms with van der Waals surface area (Å²) in [5.74, 6) is -0.0169. The number of hydrogen-bond donors (Lipinski definition) is 1. The van der Waals surface area contributed by atoms with Crippen molar-refractivity contribution in [1.82, 2.24) is 9.80 Å². The van der Waals surface area contributed by atoms with Crippen LogP contribution in [0, 0.1) is 0 Å². The SMILES string of the molecule is CCOc1cc2c(cc1OCC)C[NH+](CN1C(=O)C(=O)N(CC)C1=O)CC2. The number of carbonyl (C=O) groups excluding carboxylic acids is 3. The van der Waals surface area contributed by atoms with Crippen molar-refractivity contribution in [1.29, 1.82) is 0 Å². The second-order valence-corrected chi connectivity index (χ2v) is 6.58. The van der Waals surface area contributed by atoms with Crippen LogP contribution in [-0.4, -0.2) is 60.6 Å². The van der Waals surface area contributed by atoms with Crippen LogP contribution in [0.4, 0.5) is 4.79 Å². The first kappa shape index (κ1) is 19.2. The van der Waals surface area contributed by atoms with Crippen LogP contribution in [0.25, 0.3) is 0 Å². The highest BCUT2D eigenvalue weighted by atomic mass is 16.5. The fraction of sp³-hybridized carbons (Fsp3) is 0.526. The molecular weight excluding hydrogens is 350 g/mol. The fourth-order valence-electron chi connectivity index (χ4n) is 3.57. The average Bonchev–Trinajstić information content (AvgIpc) is 2.85. The van der Waals surface area contributed by atoms with Gasteiger partial charge in [0.25, 0.3) is 0 Å². The molecule has 1 saturated heterocycles. The minimum absolute atomic E-state index is 0.191. The van der Waals surface area contributed by atoms with Crippen molar-refractivity contribution in [2.75, 3.05) is 33.0 Å². The van der Waals surface area contributed by atoms with Crippen LogP contribution in [0.5, 0.6) is 11.5 Å². The monoisotopic (exact) mass is 376 g/mol. The highest BCUT2D eigenvalue weighted by Crippen LogP contribution is 2.32. The molecule has 8 heteroatoms. The zero-order valence-electron chi connectivity index (χ0n) is 16.0. The largest absolute Gasteiger partial charge is 0.490 e. The molecule has 2 aliphatic rings. The van der Waals surface area contributed by atoms with Crippen LogP contribution < -0.4 is 14.4 Å². The van der Waals surface area contributed by atoms with Gasteiger partial charge in [0.15, 0.2) is 18.2 Å². The molecule has 2 heterocycles. The predicted octanol–water partition coefficient (Wildman–Crippen LogP) is 0.193. The van der Waals surface area contributed by atoms with E-state index in [2.05, 4.69) is 0 Å². The number of imide groups is 2. The first-order chi connectivity index (χ1) is 13.0. The van der Waals surface area contributed by atoms with Gasteiger partial charge >= 0.3 is 17.8 Å². The normalized spacial score (nSPS) is 19.5. The standard InChI is InChI=1S/C19H25N3O5/c1-4-21-17(23)18(24)22(19(21)25)12-20-8-7-13-9-15(26-5-2)16(27-6-3)10-14(13)11-20/h9-10H,4-8,11-12H2,1-3H3/p+1. The molecule has 0 bridgehead atoms. The molecule has 4 amide bonds. The lowest BCUT2D eigenvalue weighted by atomic mass is 9.99. The van der Waals surface area contributed by atoms with Crippen LogP contribution in [-0.2, 0) is 22.6 Å². The van der Waals surface area contributed by atoms with E-state index in [1.165, 1.54) is 5.56 Å². The molecule has 0 saturated carbocycles. The van der Waals surface area contributed by atoms with Crippen molar-refractivity contribution in [3.63, 3.8) is 0 Å². The summed E-state index contributed by atoms with van der Waals surface area (Å²) in [5.41, 5.74) is 2.30. The molecule has 1 aromatic carbocycles. The maximum atomic E-state index is 12.3. The van der Waals surface area contributed by atoms with Crippen molar-refractivity contribution in [3.8, 4) is 11.5 Å². The number of hydrogen-bond acceptors (Lipinski definition) is 5. The maximum Gasteiger partial charge on any atom is 0.338 e. The zero-order chi connectivity index (χ0) is 19.6. The number of nitrogens with zero attached hydrogens (tertiary/aromatic N) is 2. The lowest BCUT2D eigenvalue weighted by Gasteiger charge is -2.29. The Hall–Kier alpha value is -2.61. The number of quaternary nitrogens is 1. The quantitative estimate of drug-likeness (QED) is 0.543. The first-order valence-electron chi connectivity index (χ1n) is 9.42. The smallest absolute Gasteiger partial charge is 0.338 e. The van der Waals surface area contributed by atoms with Gasteiger partial charge in [-0.15, -0.1) is 0 Å². The highest BCUT2D eigenvalue weighted by molar-refractivity contribution is 6.44.